The molecule has 128 valence electrons. The number of oxazole rings is 1. The summed E-state index contributed by atoms with van der Waals surface area (Å²) in [5.41, 5.74) is 9.76. The minimum atomic E-state index is -0.164. The summed E-state index contributed by atoms with van der Waals surface area (Å²) in [6.07, 6.45) is 5.22. The standard InChI is InChI=1S/C18H19N5O2/c1-11-16(21-17(25-11)12-9-20-22(2)10-12)18(24)23-8-4-5-13-14(19)6-3-7-15(13)23/h3,6-7,9-10H,4-5,8,19H2,1-2H3. The molecule has 0 saturated carbocycles. The van der Waals surface area contributed by atoms with Crippen LogP contribution in [0.3, 0.4) is 0 Å². The van der Waals surface area contributed by atoms with Gasteiger partial charge in [0.15, 0.2) is 5.69 Å². The minimum absolute atomic E-state index is 0.164. The van der Waals surface area contributed by atoms with Crippen LogP contribution in [0, 0.1) is 6.92 Å². The predicted molar refractivity (Wildman–Crippen MR) is 94.3 cm³/mol. The van der Waals surface area contributed by atoms with Crippen molar-refractivity contribution in [3.05, 3.63) is 47.6 Å². The number of benzene rings is 1. The SMILES string of the molecule is Cc1oc(-c2cnn(C)c2)nc1C(=O)N1CCCc2c(N)cccc21. The van der Waals surface area contributed by atoms with Gasteiger partial charge in [0.1, 0.15) is 5.76 Å². The number of carbonyl (C=O) groups excluding carboxylic acids is 1. The number of nitrogen functional groups attached to an aromatic ring is 1. The van der Waals surface area contributed by atoms with Crippen molar-refractivity contribution in [1.82, 2.24) is 14.8 Å². The molecule has 1 aliphatic heterocycles. The number of carbonyl (C=O) groups is 1. The van der Waals surface area contributed by atoms with Gasteiger partial charge in [-0.2, -0.15) is 5.10 Å². The molecule has 7 nitrogen and oxygen atoms in total. The molecule has 0 spiro atoms. The molecule has 0 fully saturated rings. The van der Waals surface area contributed by atoms with Crippen LogP contribution in [0.4, 0.5) is 11.4 Å². The Morgan fingerprint density at radius 3 is 2.96 bits per heavy atom. The average molecular weight is 337 g/mol. The second-order valence-electron chi connectivity index (χ2n) is 6.23. The number of anilines is 2. The van der Waals surface area contributed by atoms with Gasteiger partial charge in [0.2, 0.25) is 5.89 Å². The molecule has 7 heteroatoms. The lowest BCUT2D eigenvalue weighted by Crippen LogP contribution is -2.36. The number of rotatable bonds is 2. The summed E-state index contributed by atoms with van der Waals surface area (Å²) >= 11 is 0. The minimum Gasteiger partial charge on any atom is -0.440 e. The summed E-state index contributed by atoms with van der Waals surface area (Å²) < 4.78 is 7.37. The normalized spacial score (nSPS) is 13.8. The number of aromatic nitrogens is 3. The van der Waals surface area contributed by atoms with Crippen molar-refractivity contribution in [3.63, 3.8) is 0 Å². The van der Waals surface area contributed by atoms with E-state index in [2.05, 4.69) is 10.1 Å². The summed E-state index contributed by atoms with van der Waals surface area (Å²) in [5.74, 6) is 0.738. The third kappa shape index (κ3) is 2.57. The highest BCUT2D eigenvalue weighted by Gasteiger charge is 2.28. The zero-order valence-electron chi connectivity index (χ0n) is 14.2. The quantitative estimate of drug-likeness (QED) is 0.726. The van der Waals surface area contributed by atoms with Crippen molar-refractivity contribution >= 4 is 17.3 Å². The average Bonchev–Trinajstić information content (AvgIpc) is 3.20. The molecule has 0 bridgehead atoms. The number of nitrogens with zero attached hydrogens (tertiary/aromatic N) is 4. The van der Waals surface area contributed by atoms with Crippen LogP contribution in [0.5, 0.6) is 0 Å². The second-order valence-corrected chi connectivity index (χ2v) is 6.23. The Bertz CT molecular complexity index is 956. The van der Waals surface area contributed by atoms with E-state index in [1.54, 1.807) is 28.9 Å². The fraction of sp³-hybridized carbons (Fsp3) is 0.278. The molecule has 0 atom stereocenters. The molecule has 0 radical (unpaired) electrons. The number of nitrogens with two attached hydrogens (primary N) is 1. The first-order chi connectivity index (χ1) is 12.0. The Labute approximate surface area is 145 Å². The molecular formula is C18H19N5O2. The van der Waals surface area contributed by atoms with Crippen LogP contribution in [-0.4, -0.2) is 27.2 Å². The molecule has 0 unspecified atom stereocenters. The molecule has 4 rings (SSSR count). The first kappa shape index (κ1) is 15.4. The summed E-state index contributed by atoms with van der Waals surface area (Å²) in [6.45, 7) is 2.40. The van der Waals surface area contributed by atoms with E-state index in [9.17, 15) is 4.79 Å². The van der Waals surface area contributed by atoms with Crippen LogP contribution in [0.25, 0.3) is 11.5 Å². The Kier molecular flexibility index (Phi) is 3.56. The molecule has 0 saturated heterocycles. The van der Waals surface area contributed by atoms with E-state index in [1.165, 1.54) is 0 Å². The molecule has 2 aromatic heterocycles. The van der Waals surface area contributed by atoms with Crippen LogP contribution in [0.1, 0.15) is 28.2 Å². The Balaban J connectivity index is 1.71. The van der Waals surface area contributed by atoms with Gasteiger partial charge in [0.05, 0.1) is 11.8 Å². The van der Waals surface area contributed by atoms with Gasteiger partial charge in [0, 0.05) is 31.2 Å². The molecule has 1 aromatic carbocycles. The van der Waals surface area contributed by atoms with Crippen molar-refractivity contribution in [2.24, 2.45) is 7.05 Å². The third-order valence-electron chi connectivity index (χ3n) is 4.48. The number of aryl methyl sites for hydroxylation is 2. The highest BCUT2D eigenvalue weighted by atomic mass is 16.4. The van der Waals surface area contributed by atoms with Crippen LogP contribution < -0.4 is 10.6 Å². The Hall–Kier alpha value is -3.09. The zero-order chi connectivity index (χ0) is 17.6. The summed E-state index contributed by atoms with van der Waals surface area (Å²) in [7, 11) is 1.82. The van der Waals surface area contributed by atoms with Crippen molar-refractivity contribution in [2.45, 2.75) is 19.8 Å². The van der Waals surface area contributed by atoms with Crippen LogP contribution >= 0.6 is 0 Å². The lowest BCUT2D eigenvalue weighted by molar-refractivity contribution is 0.0979. The van der Waals surface area contributed by atoms with Crippen molar-refractivity contribution in [2.75, 3.05) is 17.2 Å². The van der Waals surface area contributed by atoms with E-state index in [4.69, 9.17) is 10.2 Å². The highest BCUT2D eigenvalue weighted by Crippen LogP contribution is 2.33. The van der Waals surface area contributed by atoms with Crippen molar-refractivity contribution < 1.29 is 9.21 Å². The third-order valence-corrected chi connectivity index (χ3v) is 4.48. The van der Waals surface area contributed by atoms with Gasteiger partial charge in [0.25, 0.3) is 5.91 Å². The summed E-state index contributed by atoms with van der Waals surface area (Å²) in [5, 5.41) is 4.11. The molecule has 0 aliphatic carbocycles. The van der Waals surface area contributed by atoms with Crippen LogP contribution in [0.2, 0.25) is 0 Å². The van der Waals surface area contributed by atoms with Gasteiger partial charge in [-0.05, 0) is 37.5 Å². The van der Waals surface area contributed by atoms with Gasteiger partial charge < -0.3 is 15.1 Å². The lowest BCUT2D eigenvalue weighted by atomic mass is 9.99. The van der Waals surface area contributed by atoms with Crippen LogP contribution in [0.15, 0.2) is 35.0 Å². The Morgan fingerprint density at radius 1 is 1.36 bits per heavy atom. The van der Waals surface area contributed by atoms with Crippen molar-refractivity contribution in [1.29, 1.82) is 0 Å². The van der Waals surface area contributed by atoms with Gasteiger partial charge in [-0.25, -0.2) is 4.98 Å². The largest absolute Gasteiger partial charge is 0.440 e. The van der Waals surface area contributed by atoms with Gasteiger partial charge in [-0.3, -0.25) is 9.48 Å². The molecule has 1 amide bonds. The molecule has 1 aliphatic rings. The van der Waals surface area contributed by atoms with E-state index in [1.807, 2.05) is 25.2 Å². The Morgan fingerprint density at radius 2 is 2.20 bits per heavy atom. The fourth-order valence-corrected chi connectivity index (χ4v) is 3.24. The lowest BCUT2D eigenvalue weighted by Gasteiger charge is -2.29. The molecule has 25 heavy (non-hydrogen) atoms. The van der Waals surface area contributed by atoms with Gasteiger partial charge in [-0.1, -0.05) is 6.07 Å². The molecule has 3 heterocycles. The molecular weight excluding hydrogens is 318 g/mol. The number of fused-ring (bicyclic) bond motifs is 1. The highest BCUT2D eigenvalue weighted by molar-refractivity contribution is 6.06. The number of amides is 1. The maximum atomic E-state index is 13.1. The zero-order valence-corrected chi connectivity index (χ0v) is 14.2. The maximum Gasteiger partial charge on any atom is 0.280 e. The van der Waals surface area contributed by atoms with E-state index in [0.717, 1.165) is 35.3 Å². The monoisotopic (exact) mass is 337 g/mol. The van der Waals surface area contributed by atoms with E-state index < -0.39 is 0 Å². The van der Waals surface area contributed by atoms with E-state index >= 15 is 0 Å². The van der Waals surface area contributed by atoms with Gasteiger partial charge in [-0.15, -0.1) is 0 Å². The van der Waals surface area contributed by atoms with E-state index in [-0.39, 0.29) is 5.91 Å². The summed E-state index contributed by atoms with van der Waals surface area (Å²) in [4.78, 5) is 19.3. The summed E-state index contributed by atoms with van der Waals surface area (Å²) in [6, 6.07) is 5.67. The second kappa shape index (κ2) is 5.77. The van der Waals surface area contributed by atoms with Gasteiger partial charge >= 0.3 is 0 Å². The topological polar surface area (TPSA) is 90.2 Å². The van der Waals surface area contributed by atoms with E-state index in [0.29, 0.717) is 23.9 Å². The first-order valence-corrected chi connectivity index (χ1v) is 8.20. The molecule has 2 N–H and O–H groups in total. The number of hydrogen-bond donors (Lipinski definition) is 1. The number of hydrogen-bond acceptors (Lipinski definition) is 5. The fourth-order valence-electron chi connectivity index (χ4n) is 3.24. The van der Waals surface area contributed by atoms with Crippen molar-refractivity contribution in [3.8, 4) is 11.5 Å². The maximum absolute atomic E-state index is 13.1. The van der Waals surface area contributed by atoms with Crippen LogP contribution in [-0.2, 0) is 13.5 Å². The predicted octanol–water partition coefficient (Wildman–Crippen LogP) is 2.56. The smallest absolute Gasteiger partial charge is 0.280 e. The first-order valence-electron chi connectivity index (χ1n) is 8.20. The molecule has 3 aromatic rings.